The summed E-state index contributed by atoms with van der Waals surface area (Å²) in [5.74, 6) is 1.51. The summed E-state index contributed by atoms with van der Waals surface area (Å²) < 4.78 is 10.8. The molecule has 1 N–H and O–H groups in total. The number of hydrogen-bond donors (Lipinski definition) is 1. The van der Waals surface area contributed by atoms with Crippen LogP contribution in [0.1, 0.15) is 49.3 Å². The first-order valence-electron chi connectivity index (χ1n) is 11.0. The number of rotatable bonds is 5. The van der Waals surface area contributed by atoms with E-state index in [1.807, 2.05) is 59.5 Å². The molecule has 2 aromatic carbocycles. The fraction of sp³-hybridized carbons (Fsp3) is 0.423. The fourth-order valence-electron chi connectivity index (χ4n) is 5.20. The standard InChI is InChI=1S/C26H31NO4/c1-30-20-13-10-19(11-14-20)12-15-24(28)27-18-17-26(29)16-6-5-8-22(26)25(27)21-7-3-4-9-23(21)31-2/h3-4,7,9-15,22,25,29H,5-6,8,16-18H2,1-2H3/t22?,25-,26?/m0/s1. The molecule has 2 aromatic rings. The number of carbonyl (C=O) groups excluding carboxylic acids is 1. The highest BCUT2D eigenvalue weighted by Gasteiger charge is 2.50. The number of benzene rings is 2. The zero-order valence-electron chi connectivity index (χ0n) is 18.3. The van der Waals surface area contributed by atoms with Crippen LogP contribution >= 0.6 is 0 Å². The summed E-state index contributed by atoms with van der Waals surface area (Å²) >= 11 is 0. The van der Waals surface area contributed by atoms with Crippen LogP contribution in [0.2, 0.25) is 0 Å². The smallest absolute Gasteiger partial charge is 0.247 e. The minimum Gasteiger partial charge on any atom is -0.497 e. The van der Waals surface area contributed by atoms with Crippen molar-refractivity contribution in [2.24, 2.45) is 5.92 Å². The lowest BCUT2D eigenvalue weighted by Crippen LogP contribution is -2.56. The fourth-order valence-corrected chi connectivity index (χ4v) is 5.20. The average molecular weight is 422 g/mol. The highest BCUT2D eigenvalue weighted by molar-refractivity contribution is 5.92. The van der Waals surface area contributed by atoms with Gasteiger partial charge in [0.15, 0.2) is 0 Å². The maximum Gasteiger partial charge on any atom is 0.247 e. The van der Waals surface area contributed by atoms with Crippen LogP contribution in [0, 0.1) is 5.92 Å². The van der Waals surface area contributed by atoms with Gasteiger partial charge in [0.25, 0.3) is 0 Å². The summed E-state index contributed by atoms with van der Waals surface area (Å²) in [6, 6.07) is 15.3. The maximum absolute atomic E-state index is 13.3. The highest BCUT2D eigenvalue weighted by atomic mass is 16.5. The number of piperidine rings is 1. The minimum absolute atomic E-state index is 0.00429. The number of para-hydroxylation sites is 1. The number of nitrogens with zero attached hydrogens (tertiary/aromatic N) is 1. The van der Waals surface area contributed by atoms with Gasteiger partial charge in [0, 0.05) is 24.1 Å². The molecule has 2 aliphatic rings. The molecule has 2 unspecified atom stereocenters. The summed E-state index contributed by atoms with van der Waals surface area (Å²) in [4.78, 5) is 15.3. The van der Waals surface area contributed by atoms with Crippen LogP contribution in [0.25, 0.3) is 6.08 Å². The summed E-state index contributed by atoms with van der Waals surface area (Å²) in [6.45, 7) is 0.529. The van der Waals surface area contributed by atoms with E-state index < -0.39 is 5.60 Å². The molecule has 0 bridgehead atoms. The Morgan fingerprint density at radius 2 is 1.84 bits per heavy atom. The molecule has 1 aliphatic carbocycles. The lowest BCUT2D eigenvalue weighted by atomic mass is 9.66. The monoisotopic (exact) mass is 421 g/mol. The van der Waals surface area contributed by atoms with Gasteiger partial charge in [-0.2, -0.15) is 0 Å². The van der Waals surface area contributed by atoms with E-state index in [-0.39, 0.29) is 17.9 Å². The predicted molar refractivity (Wildman–Crippen MR) is 121 cm³/mol. The van der Waals surface area contributed by atoms with Crippen molar-refractivity contribution in [3.8, 4) is 11.5 Å². The Morgan fingerprint density at radius 1 is 1.06 bits per heavy atom. The number of hydrogen-bond acceptors (Lipinski definition) is 4. The van der Waals surface area contributed by atoms with Gasteiger partial charge in [-0.3, -0.25) is 4.79 Å². The summed E-state index contributed by atoms with van der Waals surface area (Å²) in [7, 11) is 3.29. The van der Waals surface area contributed by atoms with Crippen molar-refractivity contribution < 1.29 is 19.4 Å². The molecule has 164 valence electrons. The van der Waals surface area contributed by atoms with E-state index in [0.717, 1.165) is 48.3 Å². The molecule has 0 radical (unpaired) electrons. The van der Waals surface area contributed by atoms with Crippen molar-refractivity contribution in [3.63, 3.8) is 0 Å². The average Bonchev–Trinajstić information content (AvgIpc) is 2.81. The Balaban J connectivity index is 1.65. The van der Waals surface area contributed by atoms with E-state index in [4.69, 9.17) is 9.47 Å². The second kappa shape index (κ2) is 9.15. The van der Waals surface area contributed by atoms with Crippen molar-refractivity contribution in [2.45, 2.75) is 43.7 Å². The zero-order valence-corrected chi connectivity index (χ0v) is 18.3. The molecule has 1 heterocycles. The Hall–Kier alpha value is -2.79. The predicted octanol–water partition coefficient (Wildman–Crippen LogP) is 4.61. The second-order valence-corrected chi connectivity index (χ2v) is 8.53. The molecule has 0 spiro atoms. The molecule has 1 saturated heterocycles. The van der Waals surface area contributed by atoms with Crippen LogP contribution < -0.4 is 9.47 Å². The molecular weight excluding hydrogens is 390 g/mol. The van der Waals surface area contributed by atoms with Gasteiger partial charge in [0.05, 0.1) is 25.9 Å². The van der Waals surface area contributed by atoms with Gasteiger partial charge in [-0.05, 0) is 49.1 Å². The molecule has 1 saturated carbocycles. The Kier molecular flexibility index (Phi) is 6.33. The summed E-state index contributed by atoms with van der Waals surface area (Å²) in [5, 5.41) is 11.4. The van der Waals surface area contributed by atoms with Crippen LogP contribution in [0.5, 0.6) is 11.5 Å². The summed E-state index contributed by atoms with van der Waals surface area (Å²) in [5.41, 5.74) is 1.19. The van der Waals surface area contributed by atoms with Crippen LogP contribution in [-0.2, 0) is 4.79 Å². The zero-order chi connectivity index (χ0) is 21.8. The molecular formula is C26H31NO4. The highest BCUT2D eigenvalue weighted by Crippen LogP contribution is 2.50. The molecule has 5 heteroatoms. The van der Waals surface area contributed by atoms with Gasteiger partial charge in [-0.25, -0.2) is 0 Å². The van der Waals surface area contributed by atoms with Gasteiger partial charge in [-0.15, -0.1) is 0 Å². The first-order chi connectivity index (χ1) is 15.1. The van der Waals surface area contributed by atoms with Crippen LogP contribution in [0.3, 0.4) is 0 Å². The molecule has 5 nitrogen and oxygen atoms in total. The Morgan fingerprint density at radius 3 is 2.58 bits per heavy atom. The van der Waals surface area contributed by atoms with Gasteiger partial charge in [0.2, 0.25) is 5.91 Å². The van der Waals surface area contributed by atoms with Gasteiger partial charge < -0.3 is 19.5 Å². The third-order valence-electron chi connectivity index (χ3n) is 6.84. The number of ether oxygens (including phenoxy) is 2. The van der Waals surface area contributed by atoms with Crippen molar-refractivity contribution in [1.82, 2.24) is 4.90 Å². The topological polar surface area (TPSA) is 59.0 Å². The number of methoxy groups -OCH3 is 2. The Labute approximate surface area is 184 Å². The van der Waals surface area contributed by atoms with Crippen molar-refractivity contribution in [2.75, 3.05) is 20.8 Å². The van der Waals surface area contributed by atoms with Crippen LogP contribution in [-0.4, -0.2) is 42.3 Å². The van der Waals surface area contributed by atoms with Gasteiger partial charge in [-0.1, -0.05) is 43.2 Å². The minimum atomic E-state index is -0.722. The molecule has 1 amide bonds. The largest absolute Gasteiger partial charge is 0.497 e. The first-order valence-corrected chi connectivity index (χ1v) is 11.0. The number of aliphatic hydroxyl groups is 1. The van der Waals surface area contributed by atoms with Crippen LogP contribution in [0.4, 0.5) is 0 Å². The first kappa shape index (κ1) is 21.4. The van der Waals surface area contributed by atoms with E-state index in [0.29, 0.717) is 13.0 Å². The van der Waals surface area contributed by atoms with Gasteiger partial charge >= 0.3 is 0 Å². The van der Waals surface area contributed by atoms with E-state index in [1.165, 1.54) is 0 Å². The van der Waals surface area contributed by atoms with E-state index >= 15 is 0 Å². The van der Waals surface area contributed by atoms with E-state index in [9.17, 15) is 9.90 Å². The normalized spacial score (nSPS) is 25.8. The molecule has 1 aliphatic heterocycles. The van der Waals surface area contributed by atoms with Crippen molar-refractivity contribution >= 4 is 12.0 Å². The van der Waals surface area contributed by atoms with Crippen molar-refractivity contribution in [3.05, 3.63) is 65.7 Å². The van der Waals surface area contributed by atoms with E-state index in [2.05, 4.69) is 0 Å². The second-order valence-electron chi connectivity index (χ2n) is 8.53. The maximum atomic E-state index is 13.3. The van der Waals surface area contributed by atoms with Crippen molar-refractivity contribution in [1.29, 1.82) is 0 Å². The molecule has 4 rings (SSSR count). The molecule has 3 atom stereocenters. The molecule has 0 aromatic heterocycles. The Bertz CT molecular complexity index is 939. The third-order valence-corrected chi connectivity index (χ3v) is 6.84. The SMILES string of the molecule is COc1ccc(C=CC(=O)N2CCC3(O)CCCCC3[C@@H]2c2ccccc2OC)cc1. The van der Waals surface area contributed by atoms with Crippen LogP contribution in [0.15, 0.2) is 54.6 Å². The molecule has 2 fully saturated rings. The summed E-state index contributed by atoms with van der Waals surface area (Å²) in [6.07, 6.45) is 7.91. The lowest BCUT2D eigenvalue weighted by Gasteiger charge is -2.52. The number of carbonyl (C=O) groups is 1. The van der Waals surface area contributed by atoms with E-state index in [1.54, 1.807) is 20.3 Å². The number of fused-ring (bicyclic) bond motifs is 1. The lowest BCUT2D eigenvalue weighted by molar-refractivity contribution is -0.151. The molecule has 31 heavy (non-hydrogen) atoms. The number of amides is 1. The quantitative estimate of drug-likeness (QED) is 0.716. The number of likely N-dealkylation sites (tertiary alicyclic amines) is 1. The van der Waals surface area contributed by atoms with Gasteiger partial charge in [0.1, 0.15) is 11.5 Å². The third kappa shape index (κ3) is 4.33.